The molecule has 0 aromatic heterocycles. The lowest BCUT2D eigenvalue weighted by Gasteiger charge is -2.31. The molecule has 1 amide bonds. The van der Waals surface area contributed by atoms with Crippen LogP contribution in [0.25, 0.3) is 0 Å². The van der Waals surface area contributed by atoms with Crippen molar-refractivity contribution in [2.24, 2.45) is 11.8 Å². The Balaban J connectivity index is 1.67. The average Bonchev–Trinajstić information content (AvgIpc) is 3.12. The van der Waals surface area contributed by atoms with Crippen molar-refractivity contribution < 1.29 is 19.0 Å². The molecule has 0 radical (unpaired) electrons. The van der Waals surface area contributed by atoms with Crippen molar-refractivity contribution in [3.63, 3.8) is 0 Å². The van der Waals surface area contributed by atoms with Gasteiger partial charge < -0.3 is 19.1 Å². The second kappa shape index (κ2) is 7.88. The predicted octanol–water partition coefficient (Wildman–Crippen LogP) is 2.52. The summed E-state index contributed by atoms with van der Waals surface area (Å²) in [6, 6.07) is 5.91. The third kappa shape index (κ3) is 3.66. The van der Waals surface area contributed by atoms with Gasteiger partial charge in [0.25, 0.3) is 0 Å². The summed E-state index contributed by atoms with van der Waals surface area (Å²) in [4.78, 5) is 14.9. The molecule has 3 rings (SSSR count). The number of para-hydroxylation sites is 1. The Hall–Kier alpha value is -1.75. The van der Waals surface area contributed by atoms with Gasteiger partial charge in [0, 0.05) is 25.6 Å². The number of hydrogen-bond donors (Lipinski definition) is 0. The molecular weight excluding hydrogens is 306 g/mol. The van der Waals surface area contributed by atoms with Crippen LogP contribution in [0.1, 0.15) is 25.8 Å². The maximum Gasteiger partial charge on any atom is 0.229 e. The average molecular weight is 333 g/mol. The zero-order valence-electron chi connectivity index (χ0n) is 14.6. The number of hydrogen-bond acceptors (Lipinski definition) is 4. The van der Waals surface area contributed by atoms with Crippen LogP contribution in [-0.2, 0) is 16.0 Å². The van der Waals surface area contributed by atoms with E-state index < -0.39 is 0 Å². The Morgan fingerprint density at radius 1 is 1.33 bits per heavy atom. The van der Waals surface area contributed by atoms with E-state index in [0.29, 0.717) is 25.6 Å². The molecule has 2 atom stereocenters. The van der Waals surface area contributed by atoms with Crippen LogP contribution in [0.4, 0.5) is 0 Å². The Morgan fingerprint density at radius 3 is 2.92 bits per heavy atom. The fraction of sp³-hybridized carbons (Fsp3) is 0.632. The highest BCUT2D eigenvalue weighted by atomic mass is 16.5. The van der Waals surface area contributed by atoms with Crippen LogP contribution < -0.4 is 9.47 Å². The molecule has 0 saturated carbocycles. The molecule has 5 nitrogen and oxygen atoms in total. The van der Waals surface area contributed by atoms with Crippen molar-refractivity contribution >= 4 is 5.91 Å². The molecule has 24 heavy (non-hydrogen) atoms. The second-order valence-corrected chi connectivity index (χ2v) is 6.50. The lowest BCUT2D eigenvalue weighted by Crippen LogP contribution is -2.43. The van der Waals surface area contributed by atoms with Gasteiger partial charge in [0.1, 0.15) is 6.61 Å². The van der Waals surface area contributed by atoms with Gasteiger partial charge in [0.2, 0.25) is 5.91 Å². The Morgan fingerprint density at radius 2 is 2.21 bits per heavy atom. The first-order chi connectivity index (χ1) is 11.7. The highest BCUT2D eigenvalue weighted by Gasteiger charge is 2.31. The van der Waals surface area contributed by atoms with Crippen LogP contribution in [0.3, 0.4) is 0 Å². The predicted molar refractivity (Wildman–Crippen MR) is 91.5 cm³/mol. The van der Waals surface area contributed by atoms with Gasteiger partial charge in [-0.2, -0.15) is 0 Å². The quantitative estimate of drug-likeness (QED) is 0.803. The molecule has 1 saturated heterocycles. The standard InChI is InChI=1S/C19H27NO4/c1-3-20(11-14-8-9-22-12-14)19(21)16-10-15-6-5-7-17(23-4-2)18(15)24-13-16/h5-7,14,16H,3-4,8-13H2,1-2H3/t14-,16-/m1/s1. The van der Waals surface area contributed by atoms with Crippen molar-refractivity contribution in [1.82, 2.24) is 4.90 Å². The highest BCUT2D eigenvalue weighted by Crippen LogP contribution is 2.36. The molecule has 0 N–H and O–H groups in total. The van der Waals surface area contributed by atoms with E-state index in [1.807, 2.05) is 36.9 Å². The minimum absolute atomic E-state index is 0.114. The van der Waals surface area contributed by atoms with Gasteiger partial charge in [-0.3, -0.25) is 4.79 Å². The lowest BCUT2D eigenvalue weighted by atomic mass is 9.94. The third-order valence-electron chi connectivity index (χ3n) is 4.80. The number of nitrogens with zero attached hydrogens (tertiary/aromatic N) is 1. The lowest BCUT2D eigenvalue weighted by molar-refractivity contribution is -0.137. The fourth-order valence-corrected chi connectivity index (χ4v) is 3.49. The van der Waals surface area contributed by atoms with Crippen molar-refractivity contribution in [3.8, 4) is 11.5 Å². The smallest absolute Gasteiger partial charge is 0.229 e. The molecule has 2 aliphatic rings. The number of fused-ring (bicyclic) bond motifs is 1. The summed E-state index contributed by atoms with van der Waals surface area (Å²) >= 11 is 0. The zero-order chi connectivity index (χ0) is 16.9. The van der Waals surface area contributed by atoms with Crippen molar-refractivity contribution in [3.05, 3.63) is 23.8 Å². The molecule has 1 fully saturated rings. The Bertz CT molecular complexity index is 568. The van der Waals surface area contributed by atoms with Crippen molar-refractivity contribution in [2.75, 3.05) is 39.5 Å². The number of ether oxygens (including phenoxy) is 3. The first-order valence-corrected chi connectivity index (χ1v) is 8.96. The summed E-state index contributed by atoms with van der Waals surface area (Å²) in [5, 5.41) is 0. The largest absolute Gasteiger partial charge is 0.490 e. The van der Waals surface area contributed by atoms with Gasteiger partial charge in [0.05, 0.1) is 19.1 Å². The number of benzene rings is 1. The first-order valence-electron chi connectivity index (χ1n) is 8.96. The molecule has 0 spiro atoms. The van der Waals surface area contributed by atoms with E-state index in [2.05, 4.69) is 0 Å². The molecule has 0 aliphatic carbocycles. The third-order valence-corrected chi connectivity index (χ3v) is 4.80. The normalized spacial score (nSPS) is 22.6. The molecular formula is C19H27NO4. The van der Waals surface area contributed by atoms with Crippen LogP contribution in [-0.4, -0.2) is 50.3 Å². The van der Waals surface area contributed by atoms with E-state index in [4.69, 9.17) is 14.2 Å². The van der Waals surface area contributed by atoms with Crippen LogP contribution in [0.2, 0.25) is 0 Å². The molecule has 2 aliphatic heterocycles. The molecule has 5 heteroatoms. The SMILES string of the molecule is CCOc1cccc2c1OC[C@H](C(=O)N(CC)C[C@H]1CCOC1)C2. The molecule has 1 aromatic rings. The number of carbonyl (C=O) groups excluding carboxylic acids is 1. The minimum atomic E-state index is -0.114. The maximum atomic E-state index is 12.9. The van der Waals surface area contributed by atoms with Gasteiger partial charge in [-0.1, -0.05) is 12.1 Å². The van der Waals surface area contributed by atoms with E-state index in [1.165, 1.54) is 0 Å². The zero-order valence-corrected chi connectivity index (χ0v) is 14.6. The van der Waals surface area contributed by atoms with E-state index in [9.17, 15) is 4.79 Å². The summed E-state index contributed by atoms with van der Waals surface area (Å²) in [5.74, 6) is 2.12. The van der Waals surface area contributed by atoms with Crippen molar-refractivity contribution in [2.45, 2.75) is 26.7 Å². The van der Waals surface area contributed by atoms with E-state index in [1.54, 1.807) is 0 Å². The number of rotatable bonds is 6. The van der Waals surface area contributed by atoms with Crippen LogP contribution >= 0.6 is 0 Å². The van der Waals surface area contributed by atoms with E-state index in [0.717, 1.165) is 49.8 Å². The van der Waals surface area contributed by atoms with Crippen molar-refractivity contribution in [1.29, 1.82) is 0 Å². The number of carbonyl (C=O) groups is 1. The van der Waals surface area contributed by atoms with Gasteiger partial charge in [-0.15, -0.1) is 0 Å². The van der Waals surface area contributed by atoms with Gasteiger partial charge in [-0.05, 0) is 38.3 Å². The van der Waals surface area contributed by atoms with Crippen LogP contribution in [0.5, 0.6) is 11.5 Å². The molecule has 0 unspecified atom stereocenters. The summed E-state index contributed by atoms with van der Waals surface area (Å²) in [5.41, 5.74) is 1.06. The van der Waals surface area contributed by atoms with E-state index >= 15 is 0 Å². The molecule has 132 valence electrons. The molecule has 2 heterocycles. The summed E-state index contributed by atoms with van der Waals surface area (Å²) in [6.45, 7) is 8.14. The molecule has 0 bridgehead atoms. The minimum Gasteiger partial charge on any atom is -0.490 e. The van der Waals surface area contributed by atoms with Gasteiger partial charge in [0.15, 0.2) is 11.5 Å². The summed E-state index contributed by atoms with van der Waals surface area (Å²) in [7, 11) is 0. The summed E-state index contributed by atoms with van der Waals surface area (Å²) < 4.78 is 17.0. The monoisotopic (exact) mass is 333 g/mol. The Labute approximate surface area is 143 Å². The highest BCUT2D eigenvalue weighted by molar-refractivity contribution is 5.80. The fourth-order valence-electron chi connectivity index (χ4n) is 3.49. The topological polar surface area (TPSA) is 48.0 Å². The van der Waals surface area contributed by atoms with Gasteiger partial charge >= 0.3 is 0 Å². The molecule has 1 aromatic carbocycles. The summed E-state index contributed by atoms with van der Waals surface area (Å²) in [6.07, 6.45) is 1.76. The maximum absolute atomic E-state index is 12.9. The second-order valence-electron chi connectivity index (χ2n) is 6.50. The van der Waals surface area contributed by atoms with Gasteiger partial charge in [-0.25, -0.2) is 0 Å². The number of amides is 1. The van der Waals surface area contributed by atoms with Crippen LogP contribution in [0, 0.1) is 11.8 Å². The van der Waals surface area contributed by atoms with Crippen LogP contribution in [0.15, 0.2) is 18.2 Å². The van der Waals surface area contributed by atoms with E-state index in [-0.39, 0.29) is 11.8 Å². The Kier molecular flexibility index (Phi) is 5.61. The first kappa shape index (κ1) is 17.1.